The molecule has 7 N–H and O–H groups in total. The van der Waals surface area contributed by atoms with Gasteiger partial charge in [0.05, 0.1) is 0 Å². The van der Waals surface area contributed by atoms with Gasteiger partial charge in [0.2, 0.25) is 5.91 Å². The molecule has 0 radical (unpaired) electrons. The molecule has 0 spiro atoms. The van der Waals surface area contributed by atoms with E-state index in [0.717, 1.165) is 19.3 Å². The summed E-state index contributed by atoms with van der Waals surface area (Å²) in [5.74, 6) is -2.15. The molecule has 19 heavy (non-hydrogen) atoms. The highest BCUT2D eigenvalue weighted by atomic mass is 16.4. The Hall–Kier alpha value is -1.22. The van der Waals surface area contributed by atoms with Crippen LogP contribution in [-0.4, -0.2) is 63.2 Å². The molecule has 0 aliphatic rings. The molecule has 4 atom stereocenters. The highest BCUT2D eigenvalue weighted by molar-refractivity contribution is 5.82. The average Bonchev–Trinajstić information content (AvgIpc) is 2.39. The number of hydrogen-bond acceptors (Lipinski definition) is 6. The molecule has 0 rings (SSSR count). The van der Waals surface area contributed by atoms with Crippen LogP contribution in [-0.2, 0) is 9.59 Å². The van der Waals surface area contributed by atoms with Crippen LogP contribution in [0.3, 0.4) is 0 Å². The Bertz CT molecular complexity index is 299. The number of carbonyl (C=O) groups is 2. The molecule has 0 aromatic carbocycles. The first-order valence-corrected chi connectivity index (χ1v) is 6.12. The molecule has 0 aliphatic heterocycles. The van der Waals surface area contributed by atoms with E-state index in [2.05, 4.69) is 5.32 Å². The molecule has 8 nitrogen and oxygen atoms in total. The van der Waals surface area contributed by atoms with Crippen molar-refractivity contribution in [2.45, 2.75) is 50.6 Å². The number of rotatable bonds is 9. The first-order chi connectivity index (χ1) is 8.82. The van der Waals surface area contributed by atoms with Gasteiger partial charge >= 0.3 is 0 Å². The predicted octanol–water partition coefficient (Wildman–Crippen LogP) is -2.78. The van der Waals surface area contributed by atoms with E-state index >= 15 is 0 Å². The average molecular weight is 278 g/mol. The maximum atomic E-state index is 11.4. The summed E-state index contributed by atoms with van der Waals surface area (Å²) in [5, 5.41) is 39.7. The van der Waals surface area contributed by atoms with Gasteiger partial charge in [0, 0.05) is 6.54 Å². The van der Waals surface area contributed by atoms with Gasteiger partial charge in [0.25, 0.3) is 5.91 Å². The Morgan fingerprint density at radius 2 is 1.58 bits per heavy atom. The summed E-state index contributed by atoms with van der Waals surface area (Å²) < 4.78 is 0. The molecule has 0 aromatic heterocycles. The highest BCUT2D eigenvalue weighted by Crippen LogP contribution is 2.05. The highest BCUT2D eigenvalue weighted by Gasteiger charge is 2.36. The number of aliphatic hydroxyl groups excluding tert-OH is 4. The quantitative estimate of drug-likeness (QED) is 0.251. The number of nitrogens with one attached hydrogen (secondary N) is 1. The Balaban J connectivity index is 4.26. The summed E-state index contributed by atoms with van der Waals surface area (Å²) in [4.78, 5) is 22.0. The van der Waals surface area contributed by atoms with Crippen molar-refractivity contribution >= 4 is 11.8 Å². The summed E-state index contributed by atoms with van der Waals surface area (Å²) in [7, 11) is 0. The van der Waals surface area contributed by atoms with Crippen LogP contribution in [0.2, 0.25) is 0 Å². The topological polar surface area (TPSA) is 153 Å². The van der Waals surface area contributed by atoms with E-state index in [1.165, 1.54) is 0 Å². The van der Waals surface area contributed by atoms with Crippen LogP contribution >= 0.6 is 0 Å². The van der Waals surface area contributed by atoms with E-state index < -0.39 is 36.2 Å². The van der Waals surface area contributed by atoms with Gasteiger partial charge in [-0.3, -0.25) is 9.59 Å². The first-order valence-electron chi connectivity index (χ1n) is 6.12. The summed E-state index contributed by atoms with van der Waals surface area (Å²) in [5.41, 5.74) is 4.72. The molecule has 8 heteroatoms. The van der Waals surface area contributed by atoms with Crippen molar-refractivity contribution < 1.29 is 30.0 Å². The van der Waals surface area contributed by atoms with Gasteiger partial charge in [0.1, 0.15) is 12.2 Å². The van der Waals surface area contributed by atoms with Crippen molar-refractivity contribution in [1.29, 1.82) is 0 Å². The van der Waals surface area contributed by atoms with E-state index in [0.29, 0.717) is 6.54 Å². The largest absolute Gasteiger partial charge is 0.387 e. The van der Waals surface area contributed by atoms with Crippen molar-refractivity contribution in [3.63, 3.8) is 0 Å². The molecular formula is C11H22N2O6. The van der Waals surface area contributed by atoms with Gasteiger partial charge in [-0.25, -0.2) is 0 Å². The number of nitrogens with two attached hydrogens (primary N) is 1. The zero-order valence-corrected chi connectivity index (χ0v) is 10.8. The van der Waals surface area contributed by atoms with Crippen LogP contribution in [0, 0.1) is 0 Å². The zero-order chi connectivity index (χ0) is 15.0. The fraction of sp³-hybridized carbons (Fsp3) is 0.818. The Morgan fingerprint density at radius 1 is 1.05 bits per heavy atom. The smallest absolute Gasteiger partial charge is 0.251 e. The monoisotopic (exact) mass is 278 g/mol. The van der Waals surface area contributed by atoms with Crippen LogP contribution in [0.5, 0.6) is 0 Å². The van der Waals surface area contributed by atoms with Gasteiger partial charge in [-0.05, 0) is 6.42 Å². The van der Waals surface area contributed by atoms with Crippen molar-refractivity contribution in [2.75, 3.05) is 6.54 Å². The lowest BCUT2D eigenvalue weighted by molar-refractivity contribution is -0.153. The van der Waals surface area contributed by atoms with Gasteiger partial charge in [-0.2, -0.15) is 0 Å². The van der Waals surface area contributed by atoms with E-state index in [-0.39, 0.29) is 0 Å². The molecule has 0 heterocycles. The van der Waals surface area contributed by atoms with E-state index in [9.17, 15) is 24.9 Å². The Morgan fingerprint density at radius 3 is 2.05 bits per heavy atom. The number of primary amides is 1. The minimum atomic E-state index is -2.06. The lowest BCUT2D eigenvalue weighted by Gasteiger charge is -2.24. The number of unbranched alkanes of at least 4 members (excludes halogenated alkanes) is 2. The van der Waals surface area contributed by atoms with Crippen LogP contribution in [0.15, 0.2) is 0 Å². The van der Waals surface area contributed by atoms with Gasteiger partial charge in [-0.15, -0.1) is 0 Å². The zero-order valence-electron chi connectivity index (χ0n) is 10.8. The second kappa shape index (κ2) is 8.81. The molecule has 112 valence electrons. The fourth-order valence-electron chi connectivity index (χ4n) is 1.39. The summed E-state index contributed by atoms with van der Waals surface area (Å²) in [6.45, 7) is 2.31. The third-order valence-electron chi connectivity index (χ3n) is 2.64. The first kappa shape index (κ1) is 17.8. The number of carbonyl (C=O) groups excluding carboxylic acids is 2. The number of aliphatic hydroxyl groups is 4. The van der Waals surface area contributed by atoms with Crippen LogP contribution in [0.4, 0.5) is 0 Å². The summed E-state index contributed by atoms with van der Waals surface area (Å²) >= 11 is 0. The van der Waals surface area contributed by atoms with E-state index in [1.807, 2.05) is 6.92 Å². The van der Waals surface area contributed by atoms with Crippen LogP contribution in [0.1, 0.15) is 26.2 Å². The molecule has 0 saturated heterocycles. The third kappa shape index (κ3) is 5.97. The van der Waals surface area contributed by atoms with Crippen LogP contribution < -0.4 is 11.1 Å². The normalized spacial score (nSPS) is 17.3. The number of amides is 2. The maximum absolute atomic E-state index is 11.4. The minimum Gasteiger partial charge on any atom is -0.387 e. The van der Waals surface area contributed by atoms with Gasteiger partial charge < -0.3 is 31.5 Å². The van der Waals surface area contributed by atoms with E-state index in [4.69, 9.17) is 10.8 Å². The SMILES string of the molecule is CCCCCNC(=O)[C@H](O)[C@@H](O)[C@@H](O)[C@H](O)C(N)=O. The lowest BCUT2D eigenvalue weighted by atomic mass is 10.0. The molecule has 0 unspecified atom stereocenters. The Labute approximate surface area is 111 Å². The molecule has 0 fully saturated rings. The standard InChI is InChI=1S/C11H22N2O6/c1-2-3-4-5-13-11(19)9(17)7(15)6(14)8(16)10(12)18/h6-9,14-17H,2-5H2,1H3,(H2,12,18)(H,13,19)/t6-,7+,8+,9-/m1/s1. The molecule has 0 saturated carbocycles. The third-order valence-corrected chi connectivity index (χ3v) is 2.64. The minimum absolute atomic E-state index is 0.324. The number of hydrogen-bond donors (Lipinski definition) is 6. The van der Waals surface area contributed by atoms with Crippen LogP contribution in [0.25, 0.3) is 0 Å². The van der Waals surface area contributed by atoms with Gasteiger partial charge in [-0.1, -0.05) is 19.8 Å². The van der Waals surface area contributed by atoms with Crippen molar-refractivity contribution in [3.8, 4) is 0 Å². The van der Waals surface area contributed by atoms with E-state index in [1.54, 1.807) is 0 Å². The summed E-state index contributed by atoms with van der Waals surface area (Å²) in [6.07, 6.45) is -5.46. The fourth-order valence-corrected chi connectivity index (χ4v) is 1.39. The predicted molar refractivity (Wildman–Crippen MR) is 65.8 cm³/mol. The van der Waals surface area contributed by atoms with Crippen molar-refractivity contribution in [2.24, 2.45) is 5.73 Å². The second-order valence-electron chi connectivity index (χ2n) is 4.27. The second-order valence-corrected chi connectivity index (χ2v) is 4.27. The molecule has 0 aliphatic carbocycles. The molecule has 2 amide bonds. The lowest BCUT2D eigenvalue weighted by Crippen LogP contribution is -2.53. The van der Waals surface area contributed by atoms with Crippen molar-refractivity contribution in [3.05, 3.63) is 0 Å². The van der Waals surface area contributed by atoms with Gasteiger partial charge in [0.15, 0.2) is 12.2 Å². The maximum Gasteiger partial charge on any atom is 0.251 e. The molecule has 0 aromatic rings. The Kier molecular flexibility index (Phi) is 8.24. The van der Waals surface area contributed by atoms with Crippen molar-refractivity contribution in [1.82, 2.24) is 5.32 Å². The molecular weight excluding hydrogens is 256 g/mol. The molecule has 0 bridgehead atoms. The summed E-state index contributed by atoms with van der Waals surface area (Å²) in [6, 6.07) is 0.